The smallest absolute Gasteiger partial charge is 0.338 e. The SMILES string of the molecule is CC(C)(C)[Si](Oc1cccc(C(=O)OCCCO)c1)(c1ccccc1)c1ccccc1. The molecule has 0 saturated heterocycles. The van der Waals surface area contributed by atoms with Gasteiger partial charge in [0.25, 0.3) is 0 Å². The fourth-order valence-corrected chi connectivity index (χ4v) is 8.24. The lowest BCUT2D eigenvalue weighted by molar-refractivity contribution is 0.0482. The quantitative estimate of drug-likeness (QED) is 0.329. The molecule has 5 heteroatoms. The number of carbonyl (C=O) groups is 1. The molecular formula is C26H30O4Si. The van der Waals surface area contributed by atoms with Crippen molar-refractivity contribution in [1.82, 2.24) is 0 Å². The fourth-order valence-electron chi connectivity index (χ4n) is 3.83. The largest absolute Gasteiger partial charge is 0.534 e. The topological polar surface area (TPSA) is 55.8 Å². The molecule has 0 saturated carbocycles. The van der Waals surface area contributed by atoms with E-state index in [1.807, 2.05) is 48.5 Å². The first-order valence-electron chi connectivity index (χ1n) is 10.6. The van der Waals surface area contributed by atoms with E-state index in [9.17, 15) is 4.79 Å². The highest BCUT2D eigenvalue weighted by Crippen LogP contribution is 2.37. The van der Waals surface area contributed by atoms with Crippen molar-refractivity contribution in [2.24, 2.45) is 0 Å². The Kier molecular flexibility index (Phi) is 7.31. The van der Waals surface area contributed by atoms with Crippen LogP contribution in [0, 0.1) is 0 Å². The predicted octanol–water partition coefficient (Wildman–Crippen LogP) is 4.16. The molecule has 0 unspecified atom stereocenters. The summed E-state index contributed by atoms with van der Waals surface area (Å²) in [4.78, 5) is 12.4. The molecule has 1 N–H and O–H groups in total. The number of hydrogen-bond acceptors (Lipinski definition) is 4. The predicted molar refractivity (Wildman–Crippen MR) is 127 cm³/mol. The molecule has 0 fully saturated rings. The van der Waals surface area contributed by atoms with Crippen LogP contribution in [0.3, 0.4) is 0 Å². The number of esters is 1. The first-order chi connectivity index (χ1) is 14.9. The highest BCUT2D eigenvalue weighted by molar-refractivity contribution is 7.00. The van der Waals surface area contributed by atoms with Crippen molar-refractivity contribution in [3.8, 4) is 5.75 Å². The van der Waals surface area contributed by atoms with Crippen LogP contribution in [0.5, 0.6) is 5.75 Å². The van der Waals surface area contributed by atoms with Crippen LogP contribution >= 0.6 is 0 Å². The standard InChI is InChI=1S/C26H30O4Si/c1-26(2,3)31(23-14-6-4-7-15-23,24-16-8-5-9-17-24)30-22-13-10-12-21(20-22)25(28)29-19-11-18-27/h4-10,12-17,20,27H,11,18-19H2,1-3H3. The van der Waals surface area contributed by atoms with Crippen molar-refractivity contribution in [2.45, 2.75) is 32.2 Å². The van der Waals surface area contributed by atoms with Crippen molar-refractivity contribution in [3.05, 3.63) is 90.5 Å². The van der Waals surface area contributed by atoms with Gasteiger partial charge in [-0.1, -0.05) is 87.5 Å². The van der Waals surface area contributed by atoms with E-state index in [4.69, 9.17) is 14.3 Å². The van der Waals surface area contributed by atoms with E-state index in [-0.39, 0.29) is 18.3 Å². The molecule has 0 heterocycles. The van der Waals surface area contributed by atoms with E-state index < -0.39 is 14.3 Å². The number of aliphatic hydroxyl groups is 1. The average Bonchev–Trinajstić information content (AvgIpc) is 2.78. The van der Waals surface area contributed by atoms with Gasteiger partial charge in [0.15, 0.2) is 0 Å². The number of hydrogen-bond donors (Lipinski definition) is 1. The second kappa shape index (κ2) is 9.94. The van der Waals surface area contributed by atoms with Gasteiger partial charge in [-0.15, -0.1) is 0 Å². The first-order valence-corrected chi connectivity index (χ1v) is 12.5. The average molecular weight is 435 g/mol. The molecule has 3 aromatic carbocycles. The monoisotopic (exact) mass is 434 g/mol. The Bertz CT molecular complexity index is 942. The molecule has 0 aliphatic heterocycles. The summed E-state index contributed by atoms with van der Waals surface area (Å²) in [5.74, 6) is 0.229. The van der Waals surface area contributed by atoms with E-state index in [2.05, 4.69) is 45.0 Å². The Balaban J connectivity index is 2.06. The van der Waals surface area contributed by atoms with Gasteiger partial charge >= 0.3 is 14.3 Å². The molecule has 31 heavy (non-hydrogen) atoms. The lowest BCUT2D eigenvalue weighted by Gasteiger charge is -2.43. The maximum atomic E-state index is 12.4. The highest BCUT2D eigenvalue weighted by atomic mass is 28.4. The summed E-state index contributed by atoms with van der Waals surface area (Å²) in [5.41, 5.74) is 0.438. The third kappa shape index (κ3) is 5.06. The Morgan fingerprint density at radius 3 is 1.97 bits per heavy atom. The van der Waals surface area contributed by atoms with Gasteiger partial charge in [-0.05, 0) is 33.6 Å². The van der Waals surface area contributed by atoms with Crippen LogP contribution in [0.2, 0.25) is 5.04 Å². The molecule has 0 aliphatic rings. The molecule has 0 radical (unpaired) electrons. The molecule has 3 aromatic rings. The van der Waals surface area contributed by atoms with Gasteiger partial charge in [0.2, 0.25) is 0 Å². The van der Waals surface area contributed by atoms with Gasteiger partial charge in [0, 0.05) is 13.0 Å². The molecule has 0 aromatic heterocycles. The van der Waals surface area contributed by atoms with Gasteiger partial charge in [-0.2, -0.15) is 0 Å². The van der Waals surface area contributed by atoms with E-state index >= 15 is 0 Å². The van der Waals surface area contributed by atoms with E-state index in [1.165, 1.54) is 10.4 Å². The lowest BCUT2D eigenvalue weighted by atomic mass is 10.2. The van der Waals surface area contributed by atoms with E-state index in [0.717, 1.165) is 0 Å². The van der Waals surface area contributed by atoms with Crippen molar-refractivity contribution < 1.29 is 19.1 Å². The number of benzene rings is 3. The molecule has 4 nitrogen and oxygen atoms in total. The Morgan fingerprint density at radius 1 is 0.871 bits per heavy atom. The molecule has 0 amide bonds. The van der Waals surface area contributed by atoms with Crippen molar-refractivity contribution in [1.29, 1.82) is 0 Å². The van der Waals surface area contributed by atoms with Gasteiger partial charge < -0.3 is 14.3 Å². The Hall–Kier alpha value is -2.89. The van der Waals surface area contributed by atoms with Crippen LogP contribution in [0.1, 0.15) is 37.6 Å². The van der Waals surface area contributed by atoms with Gasteiger partial charge in [-0.25, -0.2) is 4.79 Å². The van der Waals surface area contributed by atoms with Gasteiger partial charge in [0.1, 0.15) is 5.75 Å². The minimum Gasteiger partial charge on any atom is -0.534 e. The second-order valence-electron chi connectivity index (χ2n) is 8.51. The zero-order valence-corrected chi connectivity index (χ0v) is 19.4. The normalized spacial score (nSPS) is 11.7. The molecule has 162 valence electrons. The summed E-state index contributed by atoms with van der Waals surface area (Å²) in [6, 6.07) is 27.9. The molecule has 0 aliphatic carbocycles. The van der Waals surface area contributed by atoms with Gasteiger partial charge in [0.05, 0.1) is 12.2 Å². The minimum absolute atomic E-state index is 0.00964. The lowest BCUT2D eigenvalue weighted by Crippen LogP contribution is -2.68. The summed E-state index contributed by atoms with van der Waals surface area (Å²) in [7, 11) is -2.76. The first kappa shape index (κ1) is 22.8. The number of aliphatic hydroxyl groups excluding tert-OH is 1. The summed E-state index contributed by atoms with van der Waals surface area (Å²) < 4.78 is 12.2. The molecule has 3 rings (SSSR count). The van der Waals surface area contributed by atoms with Crippen LogP contribution in [0.25, 0.3) is 0 Å². The zero-order chi connectivity index (χ0) is 22.3. The van der Waals surface area contributed by atoms with Gasteiger partial charge in [-0.3, -0.25) is 0 Å². The van der Waals surface area contributed by atoms with Crippen LogP contribution in [-0.2, 0) is 4.74 Å². The molecule has 0 spiro atoms. The van der Waals surface area contributed by atoms with Crippen molar-refractivity contribution >= 4 is 24.7 Å². The highest BCUT2D eigenvalue weighted by Gasteiger charge is 2.52. The Morgan fingerprint density at radius 2 is 1.45 bits per heavy atom. The molecular weight excluding hydrogens is 404 g/mol. The summed E-state index contributed by atoms with van der Waals surface area (Å²) in [6.45, 7) is 6.82. The maximum Gasteiger partial charge on any atom is 0.338 e. The van der Waals surface area contributed by atoms with E-state index in [0.29, 0.717) is 17.7 Å². The van der Waals surface area contributed by atoms with Crippen molar-refractivity contribution in [3.63, 3.8) is 0 Å². The van der Waals surface area contributed by atoms with E-state index in [1.54, 1.807) is 12.1 Å². The second-order valence-corrected chi connectivity index (χ2v) is 12.7. The fraction of sp³-hybridized carbons (Fsp3) is 0.269. The summed E-state index contributed by atoms with van der Waals surface area (Å²) in [5, 5.41) is 11.1. The van der Waals surface area contributed by atoms with Crippen LogP contribution in [0.4, 0.5) is 0 Å². The third-order valence-electron chi connectivity index (χ3n) is 5.29. The molecule has 0 bridgehead atoms. The number of ether oxygens (including phenoxy) is 1. The number of carbonyl (C=O) groups excluding carboxylic acids is 1. The van der Waals surface area contributed by atoms with Crippen LogP contribution in [0.15, 0.2) is 84.9 Å². The summed E-state index contributed by atoms with van der Waals surface area (Å²) in [6.07, 6.45) is 0.421. The number of rotatable bonds is 8. The Labute approximate surface area is 185 Å². The van der Waals surface area contributed by atoms with Crippen LogP contribution in [-0.4, -0.2) is 32.6 Å². The zero-order valence-electron chi connectivity index (χ0n) is 18.4. The third-order valence-corrected chi connectivity index (χ3v) is 10.2. The summed E-state index contributed by atoms with van der Waals surface area (Å²) >= 11 is 0. The molecule has 0 atom stereocenters. The minimum atomic E-state index is -2.76. The van der Waals surface area contributed by atoms with Crippen LogP contribution < -0.4 is 14.8 Å². The maximum absolute atomic E-state index is 12.4. The van der Waals surface area contributed by atoms with Crippen molar-refractivity contribution in [2.75, 3.05) is 13.2 Å².